The summed E-state index contributed by atoms with van der Waals surface area (Å²) in [6.45, 7) is 4.48. The number of nitrogens with zero attached hydrogens (tertiary/aromatic N) is 4. The van der Waals surface area contributed by atoms with Crippen LogP contribution in [0.3, 0.4) is 0 Å². The summed E-state index contributed by atoms with van der Waals surface area (Å²) in [7, 11) is 0. The molecule has 0 bridgehead atoms. The van der Waals surface area contributed by atoms with E-state index in [1.807, 2.05) is 36.3 Å². The summed E-state index contributed by atoms with van der Waals surface area (Å²) in [6, 6.07) is 8.08. The minimum atomic E-state index is -4.39. The van der Waals surface area contributed by atoms with Crippen LogP contribution in [0.4, 0.5) is 18.9 Å². The average molecular weight is 370 g/mol. The average Bonchev–Trinajstić information content (AvgIpc) is 3.15. The summed E-state index contributed by atoms with van der Waals surface area (Å²) in [5.74, 6) is 0.491. The number of fused-ring (bicyclic) bond motifs is 1. The third-order valence-corrected chi connectivity index (χ3v) is 4.63. The largest absolute Gasteiger partial charge is 0.416 e. The van der Waals surface area contributed by atoms with Crippen LogP contribution < -0.4 is 5.01 Å². The van der Waals surface area contributed by atoms with Crippen molar-refractivity contribution in [3.63, 3.8) is 0 Å². The smallest absolute Gasteiger partial charge is 0.265 e. The molecule has 3 aromatic rings. The molecule has 4 rings (SSSR count). The Kier molecular flexibility index (Phi) is 4.09. The highest BCUT2D eigenvalue weighted by atomic mass is 19.4. The van der Waals surface area contributed by atoms with Crippen molar-refractivity contribution in [1.82, 2.24) is 9.97 Å². The Morgan fingerprint density at radius 3 is 2.52 bits per heavy atom. The maximum atomic E-state index is 13.0. The highest BCUT2D eigenvalue weighted by Gasteiger charge is 2.31. The Bertz CT molecular complexity index is 1060. The molecule has 0 saturated heterocycles. The molecular formula is C20H17F3N4. The van der Waals surface area contributed by atoms with Gasteiger partial charge in [-0.1, -0.05) is 0 Å². The molecule has 0 spiro atoms. The first-order valence-electron chi connectivity index (χ1n) is 8.58. The van der Waals surface area contributed by atoms with Crippen LogP contribution in [0.5, 0.6) is 0 Å². The second kappa shape index (κ2) is 6.33. The van der Waals surface area contributed by atoms with Gasteiger partial charge in [-0.05, 0) is 55.3 Å². The first-order valence-corrected chi connectivity index (χ1v) is 8.58. The molecule has 7 heteroatoms. The van der Waals surface area contributed by atoms with Crippen LogP contribution in [-0.4, -0.2) is 22.7 Å². The zero-order valence-corrected chi connectivity index (χ0v) is 14.9. The maximum absolute atomic E-state index is 13.0. The van der Waals surface area contributed by atoms with Gasteiger partial charge in [-0.15, -0.1) is 0 Å². The molecule has 2 heterocycles. The van der Waals surface area contributed by atoms with E-state index in [1.54, 1.807) is 6.92 Å². The van der Waals surface area contributed by atoms with Gasteiger partial charge in [-0.2, -0.15) is 18.3 Å². The van der Waals surface area contributed by atoms with Crippen LogP contribution in [0.15, 0.2) is 41.6 Å². The number of rotatable bonds is 2. The van der Waals surface area contributed by atoms with Gasteiger partial charge in [0.2, 0.25) is 0 Å². The number of aromatic nitrogens is 2. The lowest BCUT2D eigenvalue weighted by Gasteiger charge is -2.17. The van der Waals surface area contributed by atoms with Crippen LogP contribution in [-0.2, 0) is 6.18 Å². The minimum absolute atomic E-state index is 0.380. The molecule has 0 aliphatic carbocycles. The quantitative estimate of drug-likeness (QED) is 0.628. The lowest BCUT2D eigenvalue weighted by molar-refractivity contribution is -0.137. The van der Waals surface area contributed by atoms with Crippen molar-refractivity contribution in [2.45, 2.75) is 26.4 Å². The molecule has 4 nitrogen and oxygen atoms in total. The summed E-state index contributed by atoms with van der Waals surface area (Å²) in [6.07, 6.45) is -0.123. The van der Waals surface area contributed by atoms with E-state index in [0.717, 1.165) is 41.9 Å². The first-order chi connectivity index (χ1) is 12.8. The van der Waals surface area contributed by atoms with Gasteiger partial charge in [0.15, 0.2) is 5.82 Å². The third-order valence-electron chi connectivity index (χ3n) is 4.63. The molecule has 1 aromatic heterocycles. The number of alkyl halides is 3. The Morgan fingerprint density at radius 2 is 1.85 bits per heavy atom. The number of hydrazone groups is 1. The van der Waals surface area contributed by atoms with Crippen LogP contribution in [0.25, 0.3) is 22.3 Å². The van der Waals surface area contributed by atoms with E-state index in [1.165, 1.54) is 6.20 Å². The van der Waals surface area contributed by atoms with Gasteiger partial charge >= 0.3 is 6.18 Å². The summed E-state index contributed by atoms with van der Waals surface area (Å²) in [4.78, 5) is 8.80. The normalized spacial score (nSPS) is 14.3. The van der Waals surface area contributed by atoms with E-state index in [4.69, 9.17) is 0 Å². The molecule has 0 N–H and O–H groups in total. The Labute approximate surface area is 154 Å². The number of aryl methyl sites for hydroxylation is 2. The van der Waals surface area contributed by atoms with E-state index >= 15 is 0 Å². The number of anilines is 1. The van der Waals surface area contributed by atoms with Crippen molar-refractivity contribution in [2.75, 3.05) is 11.6 Å². The third kappa shape index (κ3) is 3.25. The SMILES string of the molecule is Cc1cc(-c2ncc3cc(C(F)(F)F)cc(C)c3n2)ccc1N1CCC=N1. The molecule has 2 aromatic carbocycles. The number of halogens is 3. The van der Waals surface area contributed by atoms with Crippen molar-refractivity contribution < 1.29 is 13.2 Å². The van der Waals surface area contributed by atoms with Crippen molar-refractivity contribution in [3.8, 4) is 11.4 Å². The number of hydrogen-bond donors (Lipinski definition) is 0. The van der Waals surface area contributed by atoms with E-state index in [0.29, 0.717) is 22.3 Å². The van der Waals surface area contributed by atoms with Crippen LogP contribution in [0, 0.1) is 13.8 Å². The maximum Gasteiger partial charge on any atom is 0.416 e. The molecule has 1 aliphatic rings. The van der Waals surface area contributed by atoms with E-state index < -0.39 is 11.7 Å². The highest BCUT2D eigenvalue weighted by molar-refractivity contribution is 5.83. The van der Waals surface area contributed by atoms with Crippen LogP contribution >= 0.6 is 0 Å². The van der Waals surface area contributed by atoms with Gasteiger partial charge in [-0.3, -0.25) is 5.01 Å². The topological polar surface area (TPSA) is 41.4 Å². The molecule has 1 aliphatic heterocycles. The number of hydrogen-bond acceptors (Lipinski definition) is 4. The fraction of sp³-hybridized carbons (Fsp3) is 0.250. The van der Waals surface area contributed by atoms with Gasteiger partial charge in [0, 0.05) is 36.3 Å². The highest BCUT2D eigenvalue weighted by Crippen LogP contribution is 2.33. The first kappa shape index (κ1) is 17.5. The lowest BCUT2D eigenvalue weighted by atomic mass is 10.1. The van der Waals surface area contributed by atoms with Crippen LogP contribution in [0.1, 0.15) is 23.1 Å². The summed E-state index contributed by atoms with van der Waals surface area (Å²) >= 11 is 0. The van der Waals surface area contributed by atoms with Gasteiger partial charge in [0.1, 0.15) is 0 Å². The lowest BCUT2D eigenvalue weighted by Crippen LogP contribution is -2.13. The fourth-order valence-corrected chi connectivity index (χ4v) is 3.29. The van der Waals surface area contributed by atoms with E-state index in [9.17, 15) is 13.2 Å². The number of benzene rings is 2. The van der Waals surface area contributed by atoms with Gasteiger partial charge in [0.25, 0.3) is 0 Å². The zero-order chi connectivity index (χ0) is 19.2. The molecule has 27 heavy (non-hydrogen) atoms. The minimum Gasteiger partial charge on any atom is -0.265 e. The summed E-state index contributed by atoms with van der Waals surface area (Å²) in [5, 5.41) is 6.66. The second-order valence-electron chi connectivity index (χ2n) is 6.63. The molecule has 0 unspecified atom stereocenters. The monoisotopic (exact) mass is 370 g/mol. The predicted molar refractivity (Wildman–Crippen MR) is 99.9 cm³/mol. The molecule has 0 fully saturated rings. The second-order valence-corrected chi connectivity index (χ2v) is 6.63. The Morgan fingerprint density at radius 1 is 1.04 bits per heavy atom. The van der Waals surface area contributed by atoms with Crippen molar-refractivity contribution in [1.29, 1.82) is 0 Å². The molecule has 0 atom stereocenters. The van der Waals surface area contributed by atoms with Crippen molar-refractivity contribution in [2.24, 2.45) is 5.10 Å². The van der Waals surface area contributed by atoms with Crippen molar-refractivity contribution in [3.05, 3.63) is 53.2 Å². The molecule has 138 valence electrons. The molecule has 0 radical (unpaired) electrons. The standard InChI is InChI=1S/C20H17F3N4/c1-12-8-14(4-5-17(12)27-7-3-6-25-27)19-24-11-15-10-16(20(21,22)23)9-13(2)18(15)26-19/h4-6,8-11H,3,7H2,1-2H3. The summed E-state index contributed by atoms with van der Waals surface area (Å²) < 4.78 is 39.0. The Balaban J connectivity index is 1.75. The van der Waals surface area contributed by atoms with E-state index in [2.05, 4.69) is 15.1 Å². The fourth-order valence-electron chi connectivity index (χ4n) is 3.29. The van der Waals surface area contributed by atoms with Gasteiger partial charge < -0.3 is 0 Å². The Hall–Kier alpha value is -2.96. The summed E-state index contributed by atoms with van der Waals surface area (Å²) in [5.41, 5.74) is 3.21. The van der Waals surface area contributed by atoms with Gasteiger partial charge in [-0.25, -0.2) is 9.97 Å². The zero-order valence-electron chi connectivity index (χ0n) is 14.9. The van der Waals surface area contributed by atoms with E-state index in [-0.39, 0.29) is 0 Å². The van der Waals surface area contributed by atoms with Gasteiger partial charge in [0.05, 0.1) is 16.8 Å². The molecule has 0 saturated carbocycles. The van der Waals surface area contributed by atoms with Crippen molar-refractivity contribution >= 4 is 22.8 Å². The van der Waals surface area contributed by atoms with Crippen LogP contribution in [0.2, 0.25) is 0 Å². The molecular weight excluding hydrogens is 353 g/mol. The predicted octanol–water partition coefficient (Wildman–Crippen LogP) is 5.13. The molecule has 0 amide bonds.